The molecule has 82 valence electrons. The quantitative estimate of drug-likeness (QED) is 0.740. The SMILES string of the molecule is ClCCC1CCCN(c2cnccn2)C1. The van der Waals surface area contributed by atoms with Crippen molar-refractivity contribution in [3.05, 3.63) is 18.6 Å². The lowest BCUT2D eigenvalue weighted by atomic mass is 9.96. The molecule has 1 unspecified atom stereocenters. The van der Waals surface area contributed by atoms with Crippen molar-refractivity contribution in [2.24, 2.45) is 5.92 Å². The van der Waals surface area contributed by atoms with E-state index in [4.69, 9.17) is 11.6 Å². The van der Waals surface area contributed by atoms with E-state index in [1.807, 2.05) is 6.20 Å². The van der Waals surface area contributed by atoms with Gasteiger partial charge in [-0.05, 0) is 25.2 Å². The van der Waals surface area contributed by atoms with Gasteiger partial charge >= 0.3 is 0 Å². The van der Waals surface area contributed by atoms with E-state index in [0.717, 1.165) is 37.1 Å². The maximum absolute atomic E-state index is 5.78. The summed E-state index contributed by atoms with van der Waals surface area (Å²) < 4.78 is 0. The minimum atomic E-state index is 0.721. The van der Waals surface area contributed by atoms with Crippen molar-refractivity contribution in [1.29, 1.82) is 0 Å². The summed E-state index contributed by atoms with van der Waals surface area (Å²) in [6.07, 6.45) is 8.94. The second kappa shape index (κ2) is 5.31. The summed E-state index contributed by atoms with van der Waals surface area (Å²) in [7, 11) is 0. The van der Waals surface area contributed by atoms with Crippen molar-refractivity contribution in [3.63, 3.8) is 0 Å². The third-order valence-corrected chi connectivity index (χ3v) is 3.13. The molecule has 0 radical (unpaired) electrons. The molecule has 0 saturated carbocycles. The zero-order valence-corrected chi connectivity index (χ0v) is 9.53. The third kappa shape index (κ3) is 2.81. The van der Waals surface area contributed by atoms with Crippen LogP contribution in [0.1, 0.15) is 19.3 Å². The van der Waals surface area contributed by atoms with E-state index < -0.39 is 0 Å². The summed E-state index contributed by atoms with van der Waals surface area (Å²) in [5.41, 5.74) is 0. The Morgan fingerprint density at radius 1 is 1.47 bits per heavy atom. The van der Waals surface area contributed by atoms with Crippen LogP contribution < -0.4 is 4.90 Å². The normalized spacial score (nSPS) is 21.7. The maximum atomic E-state index is 5.78. The summed E-state index contributed by atoms with van der Waals surface area (Å²) in [5, 5.41) is 0. The molecule has 1 aromatic rings. The van der Waals surface area contributed by atoms with E-state index in [0.29, 0.717) is 0 Å². The van der Waals surface area contributed by atoms with Crippen LogP contribution in [-0.2, 0) is 0 Å². The molecule has 0 aromatic carbocycles. The number of piperidine rings is 1. The Balaban J connectivity index is 1.98. The van der Waals surface area contributed by atoms with Gasteiger partial charge in [0.1, 0.15) is 5.82 Å². The molecular weight excluding hydrogens is 210 g/mol. The summed E-state index contributed by atoms with van der Waals surface area (Å²) in [5.74, 6) is 2.48. The van der Waals surface area contributed by atoms with Crippen LogP contribution in [0.3, 0.4) is 0 Å². The van der Waals surface area contributed by atoms with Crippen molar-refractivity contribution in [3.8, 4) is 0 Å². The van der Waals surface area contributed by atoms with E-state index in [1.54, 1.807) is 12.4 Å². The smallest absolute Gasteiger partial charge is 0.147 e. The molecule has 1 aliphatic rings. The van der Waals surface area contributed by atoms with Gasteiger partial charge in [-0.1, -0.05) is 0 Å². The standard InChI is InChI=1S/C11H16ClN3/c12-4-3-10-2-1-7-15(9-10)11-8-13-5-6-14-11/h5-6,8,10H,1-4,7,9H2. The highest BCUT2D eigenvalue weighted by molar-refractivity contribution is 6.17. The molecule has 0 spiro atoms. The Labute approximate surface area is 95.5 Å². The first kappa shape index (κ1) is 10.7. The highest BCUT2D eigenvalue weighted by atomic mass is 35.5. The Bertz CT molecular complexity index is 289. The highest BCUT2D eigenvalue weighted by Crippen LogP contribution is 2.23. The van der Waals surface area contributed by atoms with Crippen molar-refractivity contribution in [1.82, 2.24) is 9.97 Å². The molecule has 1 saturated heterocycles. The van der Waals surface area contributed by atoms with Crippen LogP contribution in [0.15, 0.2) is 18.6 Å². The topological polar surface area (TPSA) is 29.0 Å². The van der Waals surface area contributed by atoms with Gasteiger partial charge in [-0.25, -0.2) is 4.98 Å². The summed E-state index contributed by atoms with van der Waals surface area (Å²) in [6.45, 7) is 2.17. The lowest BCUT2D eigenvalue weighted by molar-refractivity contribution is 0.404. The minimum Gasteiger partial charge on any atom is -0.355 e. The average molecular weight is 226 g/mol. The first-order chi connectivity index (χ1) is 7.40. The molecule has 0 aliphatic carbocycles. The number of hydrogen-bond acceptors (Lipinski definition) is 3. The van der Waals surface area contributed by atoms with Gasteiger partial charge in [0.15, 0.2) is 0 Å². The van der Waals surface area contributed by atoms with E-state index in [1.165, 1.54) is 12.8 Å². The van der Waals surface area contributed by atoms with Crippen molar-refractivity contribution < 1.29 is 0 Å². The first-order valence-electron chi connectivity index (χ1n) is 5.47. The second-order valence-corrected chi connectivity index (χ2v) is 4.37. The van der Waals surface area contributed by atoms with Crippen LogP contribution in [-0.4, -0.2) is 28.9 Å². The number of hydrogen-bond donors (Lipinski definition) is 0. The van der Waals surface area contributed by atoms with E-state index in [-0.39, 0.29) is 0 Å². The second-order valence-electron chi connectivity index (χ2n) is 4.00. The van der Waals surface area contributed by atoms with Crippen LogP contribution in [0.2, 0.25) is 0 Å². The van der Waals surface area contributed by atoms with Gasteiger partial charge in [-0.3, -0.25) is 4.98 Å². The molecule has 1 aliphatic heterocycles. The summed E-state index contributed by atoms with van der Waals surface area (Å²) in [6, 6.07) is 0. The Kier molecular flexibility index (Phi) is 3.78. The molecule has 3 nitrogen and oxygen atoms in total. The summed E-state index contributed by atoms with van der Waals surface area (Å²) >= 11 is 5.78. The highest BCUT2D eigenvalue weighted by Gasteiger charge is 2.20. The van der Waals surface area contributed by atoms with E-state index >= 15 is 0 Å². The van der Waals surface area contributed by atoms with Gasteiger partial charge in [0.25, 0.3) is 0 Å². The summed E-state index contributed by atoms with van der Waals surface area (Å²) in [4.78, 5) is 10.7. The molecule has 2 rings (SSSR count). The van der Waals surface area contributed by atoms with Crippen molar-refractivity contribution in [2.45, 2.75) is 19.3 Å². The number of rotatable bonds is 3. The number of nitrogens with zero attached hydrogens (tertiary/aromatic N) is 3. The molecule has 0 bridgehead atoms. The lowest BCUT2D eigenvalue weighted by Crippen LogP contribution is -2.36. The number of halogens is 1. The fourth-order valence-corrected chi connectivity index (χ4v) is 2.43. The predicted octanol–water partition coefficient (Wildman–Crippen LogP) is 2.32. The Morgan fingerprint density at radius 3 is 3.13 bits per heavy atom. The van der Waals surface area contributed by atoms with Crippen LogP contribution >= 0.6 is 11.6 Å². The predicted molar refractivity (Wildman–Crippen MR) is 62.3 cm³/mol. The van der Waals surface area contributed by atoms with Crippen molar-refractivity contribution in [2.75, 3.05) is 23.9 Å². The molecule has 2 heterocycles. The number of aromatic nitrogens is 2. The fourth-order valence-electron chi connectivity index (χ4n) is 2.12. The van der Waals surface area contributed by atoms with Gasteiger partial charge in [0, 0.05) is 31.4 Å². The average Bonchev–Trinajstić information content (AvgIpc) is 2.31. The molecular formula is C11H16ClN3. The van der Waals surface area contributed by atoms with Gasteiger partial charge in [-0.2, -0.15) is 0 Å². The maximum Gasteiger partial charge on any atom is 0.147 e. The van der Waals surface area contributed by atoms with Crippen LogP contribution in [0, 0.1) is 5.92 Å². The molecule has 1 atom stereocenters. The van der Waals surface area contributed by atoms with Crippen LogP contribution in [0.25, 0.3) is 0 Å². The molecule has 15 heavy (non-hydrogen) atoms. The molecule has 1 aromatic heterocycles. The third-order valence-electron chi connectivity index (χ3n) is 2.91. The minimum absolute atomic E-state index is 0.721. The van der Waals surface area contributed by atoms with Gasteiger partial charge in [0.05, 0.1) is 6.20 Å². The monoisotopic (exact) mass is 225 g/mol. The molecule has 1 fully saturated rings. The Morgan fingerprint density at radius 2 is 2.40 bits per heavy atom. The lowest BCUT2D eigenvalue weighted by Gasteiger charge is -2.33. The van der Waals surface area contributed by atoms with E-state index in [2.05, 4.69) is 14.9 Å². The first-order valence-corrected chi connectivity index (χ1v) is 6.00. The zero-order chi connectivity index (χ0) is 10.5. The van der Waals surface area contributed by atoms with Crippen LogP contribution in [0.4, 0.5) is 5.82 Å². The molecule has 0 N–H and O–H groups in total. The molecule has 4 heteroatoms. The van der Waals surface area contributed by atoms with Crippen LogP contribution in [0.5, 0.6) is 0 Å². The molecule has 0 amide bonds. The Hall–Kier alpha value is -0.830. The largest absolute Gasteiger partial charge is 0.355 e. The fraction of sp³-hybridized carbons (Fsp3) is 0.636. The number of anilines is 1. The van der Waals surface area contributed by atoms with Gasteiger partial charge < -0.3 is 4.90 Å². The van der Waals surface area contributed by atoms with Crippen molar-refractivity contribution >= 4 is 17.4 Å². The zero-order valence-electron chi connectivity index (χ0n) is 8.77. The van der Waals surface area contributed by atoms with Gasteiger partial charge in [-0.15, -0.1) is 11.6 Å². The number of alkyl halides is 1. The van der Waals surface area contributed by atoms with Gasteiger partial charge in [0.2, 0.25) is 0 Å². The van der Waals surface area contributed by atoms with E-state index in [9.17, 15) is 0 Å².